The molecule has 0 aliphatic carbocycles. The second-order valence-electron chi connectivity index (χ2n) is 6.99. The monoisotopic (exact) mass is 374 g/mol. The Kier molecular flexibility index (Phi) is 4.78. The van der Waals surface area contributed by atoms with E-state index in [0.29, 0.717) is 32.2 Å². The summed E-state index contributed by atoms with van der Waals surface area (Å²) in [6.45, 7) is 2.10. The number of hydrogen-bond acceptors (Lipinski definition) is 4. The quantitative estimate of drug-likeness (QED) is 0.807. The molecule has 0 radical (unpaired) electrons. The number of halogens is 2. The van der Waals surface area contributed by atoms with Gasteiger partial charge >= 0.3 is 0 Å². The summed E-state index contributed by atoms with van der Waals surface area (Å²) in [6.07, 6.45) is 3.41. The van der Waals surface area contributed by atoms with Crippen molar-refractivity contribution in [2.24, 2.45) is 5.92 Å². The van der Waals surface area contributed by atoms with E-state index in [2.05, 4.69) is 4.98 Å². The van der Waals surface area contributed by atoms with Crippen LogP contribution in [0.2, 0.25) is 0 Å². The second-order valence-corrected chi connectivity index (χ2v) is 6.99. The fourth-order valence-corrected chi connectivity index (χ4v) is 3.84. The fraction of sp³-hybridized carbons (Fsp3) is 0.400. The second kappa shape index (κ2) is 7.23. The summed E-state index contributed by atoms with van der Waals surface area (Å²) in [4.78, 5) is 18.2. The van der Waals surface area contributed by atoms with E-state index in [9.17, 15) is 13.6 Å². The molecule has 1 aromatic heterocycles. The molecule has 2 saturated heterocycles. The molecular weight excluding hydrogens is 354 g/mol. The number of aromatic nitrogens is 1. The molecule has 4 rings (SSSR count). The largest absolute Gasteiger partial charge is 0.478 e. The first-order valence-corrected chi connectivity index (χ1v) is 8.99. The third kappa shape index (κ3) is 3.51. The average molecular weight is 374 g/mol. The molecule has 1 spiro atoms. The van der Waals surface area contributed by atoms with E-state index in [0.717, 1.165) is 25.0 Å². The van der Waals surface area contributed by atoms with Gasteiger partial charge in [0.25, 0.3) is 5.91 Å². The van der Waals surface area contributed by atoms with Crippen molar-refractivity contribution < 1.29 is 23.0 Å². The highest BCUT2D eigenvalue weighted by molar-refractivity contribution is 5.95. The maximum absolute atomic E-state index is 13.4. The number of likely N-dealkylation sites (tertiary alicyclic amines) is 1. The van der Waals surface area contributed by atoms with Crippen molar-refractivity contribution >= 4 is 5.91 Å². The Hall–Kier alpha value is -2.54. The molecule has 0 saturated carbocycles. The first-order chi connectivity index (χ1) is 13.1. The van der Waals surface area contributed by atoms with E-state index < -0.39 is 11.6 Å². The summed E-state index contributed by atoms with van der Waals surface area (Å²) in [5, 5.41) is 0. The van der Waals surface area contributed by atoms with Gasteiger partial charge in [-0.3, -0.25) is 4.79 Å². The maximum atomic E-state index is 13.4. The SMILES string of the molecule is O=C(c1ccc(F)c(F)c1)N1CC2(C1)OCC[C@@H]2CCOc1ccccn1. The van der Waals surface area contributed by atoms with Gasteiger partial charge in [0.05, 0.1) is 19.7 Å². The van der Waals surface area contributed by atoms with Gasteiger partial charge in [-0.1, -0.05) is 6.07 Å². The predicted octanol–water partition coefficient (Wildman–Crippen LogP) is 3.06. The molecule has 1 aromatic carbocycles. The fourth-order valence-electron chi connectivity index (χ4n) is 3.84. The summed E-state index contributed by atoms with van der Waals surface area (Å²) in [5.74, 6) is -1.40. The van der Waals surface area contributed by atoms with Crippen LogP contribution in [-0.2, 0) is 4.74 Å². The number of hydrogen-bond donors (Lipinski definition) is 0. The summed E-state index contributed by atoms with van der Waals surface area (Å²) < 4.78 is 38.1. The summed E-state index contributed by atoms with van der Waals surface area (Å²) in [6, 6.07) is 8.74. The van der Waals surface area contributed by atoms with Gasteiger partial charge in [-0.15, -0.1) is 0 Å². The third-order valence-electron chi connectivity index (χ3n) is 5.32. The van der Waals surface area contributed by atoms with E-state index in [-0.39, 0.29) is 23.0 Å². The van der Waals surface area contributed by atoms with Crippen LogP contribution < -0.4 is 4.74 Å². The molecule has 1 amide bonds. The van der Waals surface area contributed by atoms with Crippen LogP contribution in [0.15, 0.2) is 42.6 Å². The molecule has 2 fully saturated rings. The maximum Gasteiger partial charge on any atom is 0.254 e. The molecule has 0 bridgehead atoms. The number of nitrogens with zero attached hydrogens (tertiary/aromatic N) is 2. The summed E-state index contributed by atoms with van der Waals surface area (Å²) in [7, 11) is 0. The van der Waals surface area contributed by atoms with Crippen LogP contribution in [0.3, 0.4) is 0 Å². The Morgan fingerprint density at radius 3 is 2.85 bits per heavy atom. The molecule has 2 aliphatic heterocycles. The zero-order valence-corrected chi connectivity index (χ0v) is 14.7. The highest BCUT2D eigenvalue weighted by atomic mass is 19.2. The normalized spacial score (nSPS) is 20.5. The Morgan fingerprint density at radius 1 is 1.26 bits per heavy atom. The molecule has 7 heteroatoms. The molecular formula is C20H20F2N2O3. The van der Waals surface area contributed by atoms with Crippen LogP contribution in [0.4, 0.5) is 8.78 Å². The first kappa shape index (κ1) is 17.9. The average Bonchev–Trinajstić information content (AvgIpc) is 3.07. The van der Waals surface area contributed by atoms with Gasteiger partial charge < -0.3 is 14.4 Å². The molecule has 0 N–H and O–H groups in total. The van der Waals surface area contributed by atoms with Gasteiger partial charge in [0.15, 0.2) is 11.6 Å². The lowest BCUT2D eigenvalue weighted by Crippen LogP contribution is -2.66. The van der Waals surface area contributed by atoms with Crippen LogP contribution in [0.1, 0.15) is 23.2 Å². The number of pyridine rings is 1. The van der Waals surface area contributed by atoms with Gasteiger partial charge in [0.1, 0.15) is 5.60 Å². The predicted molar refractivity (Wildman–Crippen MR) is 93.4 cm³/mol. The lowest BCUT2D eigenvalue weighted by atomic mass is 9.79. The number of benzene rings is 1. The molecule has 2 aliphatic rings. The molecule has 2 aromatic rings. The Bertz CT molecular complexity index is 825. The first-order valence-electron chi connectivity index (χ1n) is 8.99. The lowest BCUT2D eigenvalue weighted by Gasteiger charge is -2.50. The molecule has 27 heavy (non-hydrogen) atoms. The number of amides is 1. The zero-order valence-electron chi connectivity index (χ0n) is 14.7. The number of rotatable bonds is 5. The van der Waals surface area contributed by atoms with Crippen molar-refractivity contribution in [2.75, 3.05) is 26.3 Å². The number of carbonyl (C=O) groups excluding carboxylic acids is 1. The Morgan fingerprint density at radius 2 is 2.11 bits per heavy atom. The minimum atomic E-state index is -1.02. The lowest BCUT2D eigenvalue weighted by molar-refractivity contribution is -0.119. The van der Waals surface area contributed by atoms with E-state index in [4.69, 9.17) is 9.47 Å². The summed E-state index contributed by atoms with van der Waals surface area (Å²) >= 11 is 0. The van der Waals surface area contributed by atoms with Gasteiger partial charge in [0.2, 0.25) is 5.88 Å². The smallest absolute Gasteiger partial charge is 0.254 e. The van der Waals surface area contributed by atoms with Gasteiger partial charge in [-0.2, -0.15) is 0 Å². The van der Waals surface area contributed by atoms with E-state index in [1.807, 2.05) is 18.2 Å². The number of carbonyl (C=O) groups is 1. The minimum Gasteiger partial charge on any atom is -0.478 e. The highest BCUT2D eigenvalue weighted by Gasteiger charge is 2.54. The molecule has 0 unspecified atom stereocenters. The molecule has 1 atom stereocenters. The third-order valence-corrected chi connectivity index (χ3v) is 5.32. The van der Waals surface area contributed by atoms with E-state index in [1.165, 1.54) is 6.07 Å². The van der Waals surface area contributed by atoms with Crippen molar-refractivity contribution in [3.8, 4) is 5.88 Å². The van der Waals surface area contributed by atoms with Gasteiger partial charge in [0, 0.05) is 24.4 Å². The van der Waals surface area contributed by atoms with Gasteiger partial charge in [-0.25, -0.2) is 13.8 Å². The minimum absolute atomic E-state index is 0.150. The van der Waals surface area contributed by atoms with Crippen molar-refractivity contribution in [1.29, 1.82) is 0 Å². The van der Waals surface area contributed by atoms with Crippen molar-refractivity contribution in [1.82, 2.24) is 9.88 Å². The number of ether oxygens (including phenoxy) is 2. The topological polar surface area (TPSA) is 51.7 Å². The van der Waals surface area contributed by atoms with Gasteiger partial charge in [-0.05, 0) is 43.0 Å². The Labute approximate surface area is 155 Å². The van der Waals surface area contributed by atoms with Crippen LogP contribution in [-0.4, -0.2) is 47.7 Å². The zero-order chi connectivity index (χ0) is 18.9. The molecule has 5 nitrogen and oxygen atoms in total. The van der Waals surface area contributed by atoms with Crippen molar-refractivity contribution in [3.63, 3.8) is 0 Å². The van der Waals surface area contributed by atoms with Crippen LogP contribution in [0.25, 0.3) is 0 Å². The van der Waals surface area contributed by atoms with E-state index in [1.54, 1.807) is 11.1 Å². The van der Waals surface area contributed by atoms with Crippen molar-refractivity contribution in [2.45, 2.75) is 18.4 Å². The molecule has 142 valence electrons. The van der Waals surface area contributed by atoms with Crippen LogP contribution in [0, 0.1) is 17.6 Å². The van der Waals surface area contributed by atoms with E-state index >= 15 is 0 Å². The highest BCUT2D eigenvalue weighted by Crippen LogP contribution is 2.42. The van der Waals surface area contributed by atoms with Crippen LogP contribution in [0.5, 0.6) is 5.88 Å². The van der Waals surface area contributed by atoms with Crippen LogP contribution >= 0.6 is 0 Å². The standard InChI is InChI=1S/C20H20F2N2O3/c21-16-5-4-14(11-17(16)22)19(25)24-12-20(13-24)15(7-10-27-20)6-9-26-18-3-1-2-8-23-18/h1-5,8,11,15H,6-7,9-10,12-13H2/t15-/m0/s1. The Balaban J connectivity index is 1.33. The van der Waals surface area contributed by atoms with Crippen molar-refractivity contribution in [3.05, 3.63) is 59.8 Å². The molecule has 3 heterocycles. The summed E-state index contributed by atoms with van der Waals surface area (Å²) in [5.41, 5.74) is -0.210.